The number of nitrogens with zero attached hydrogens (tertiary/aromatic N) is 2. The third-order valence-corrected chi connectivity index (χ3v) is 13.9. The van der Waals surface area contributed by atoms with E-state index in [1.165, 1.54) is 5.57 Å². The fraction of sp³-hybridized carbons (Fsp3) is 0.571. The molecular formula is C35H43ClFN3O4S. The van der Waals surface area contributed by atoms with Crippen molar-refractivity contribution < 1.29 is 22.3 Å². The van der Waals surface area contributed by atoms with Gasteiger partial charge < -0.3 is 14.5 Å². The second kappa shape index (κ2) is 11.3. The molecule has 3 aliphatic carbocycles. The van der Waals surface area contributed by atoms with Crippen LogP contribution in [0.4, 0.5) is 10.1 Å². The molecule has 0 unspecified atom stereocenters. The molecule has 6 aliphatic rings. The maximum absolute atomic E-state index is 15.4. The molecule has 7 atom stereocenters. The van der Waals surface area contributed by atoms with Crippen molar-refractivity contribution in [3.05, 3.63) is 69.5 Å². The third kappa shape index (κ3) is 5.17. The smallest absolute Gasteiger partial charge is 0.264 e. The molecule has 1 fully saturated rings. The van der Waals surface area contributed by atoms with Crippen molar-refractivity contribution in [2.24, 2.45) is 23.7 Å². The number of carbonyl (C=O) groups excluding carboxylic acids is 1. The number of anilines is 1. The van der Waals surface area contributed by atoms with Gasteiger partial charge in [0.25, 0.3) is 5.91 Å². The Labute approximate surface area is 271 Å². The van der Waals surface area contributed by atoms with Crippen molar-refractivity contribution in [3.63, 3.8) is 0 Å². The fourth-order valence-corrected chi connectivity index (χ4v) is 10.3. The number of halogens is 2. The molecule has 1 spiro atoms. The number of hydrogen-bond donors (Lipinski definition) is 1. The van der Waals surface area contributed by atoms with Gasteiger partial charge in [-0.25, -0.2) is 17.5 Å². The minimum absolute atomic E-state index is 0.128. The minimum atomic E-state index is -3.92. The zero-order valence-corrected chi connectivity index (χ0v) is 28.1. The van der Waals surface area contributed by atoms with Crippen LogP contribution in [0.5, 0.6) is 5.75 Å². The van der Waals surface area contributed by atoms with Gasteiger partial charge >= 0.3 is 0 Å². The lowest BCUT2D eigenvalue weighted by Crippen LogP contribution is -2.53. The lowest BCUT2D eigenvalue weighted by atomic mass is 9.63. The molecule has 2 aromatic carbocycles. The van der Waals surface area contributed by atoms with Crippen LogP contribution in [0.1, 0.15) is 67.4 Å². The second-order valence-electron chi connectivity index (χ2n) is 14.4. The van der Waals surface area contributed by atoms with E-state index in [4.69, 9.17) is 16.3 Å². The van der Waals surface area contributed by atoms with Crippen LogP contribution in [0, 0.1) is 29.5 Å². The predicted octanol–water partition coefficient (Wildman–Crippen LogP) is 5.95. The fourth-order valence-electron chi connectivity index (χ4n) is 8.78. The Bertz CT molecular complexity index is 1680. The largest absolute Gasteiger partial charge is 0.490 e. The van der Waals surface area contributed by atoms with Gasteiger partial charge in [-0.05, 0) is 119 Å². The molecule has 8 rings (SSSR count). The van der Waals surface area contributed by atoms with E-state index >= 15 is 4.39 Å². The average molecular weight is 656 g/mol. The summed E-state index contributed by atoms with van der Waals surface area (Å²) in [5.41, 5.74) is 3.61. The highest BCUT2D eigenvalue weighted by molar-refractivity contribution is 7.90. The highest BCUT2D eigenvalue weighted by atomic mass is 35.5. The Balaban J connectivity index is 1.33. The standard InChI is InChI=1S/C35H43ClFN3O4S/c1-20-21(2)45(42,43)38-34(41)22-8-12-31-30(16-22)40(17-23-7-9-26(23)33(39(3)4)25-14-24(20)15-25)18-35(19-44-31)13-5-6-27-28(35)10-11-29(36)32(27)37/h8,10-12,14,16,20-21,23-24,26,33H,5-7,9,13,15,17-19H2,1-4H3,(H,38,41)/t20-,21-,23+,24+,26-,33+,35+/m1/s1. The quantitative estimate of drug-likeness (QED) is 0.383. The Kier molecular flexibility index (Phi) is 7.76. The predicted molar refractivity (Wildman–Crippen MR) is 175 cm³/mol. The number of nitrogens with one attached hydrogen (secondary N) is 1. The molecule has 2 aromatic rings. The van der Waals surface area contributed by atoms with Gasteiger partial charge in [0.05, 0.1) is 22.6 Å². The van der Waals surface area contributed by atoms with Crippen LogP contribution in [-0.4, -0.2) is 64.3 Å². The second-order valence-corrected chi connectivity index (χ2v) is 16.9. The maximum atomic E-state index is 15.4. The van der Waals surface area contributed by atoms with E-state index in [1.54, 1.807) is 31.2 Å². The van der Waals surface area contributed by atoms with Gasteiger partial charge in [-0.1, -0.05) is 36.2 Å². The van der Waals surface area contributed by atoms with Crippen LogP contribution >= 0.6 is 11.6 Å². The molecule has 3 aliphatic heterocycles. The van der Waals surface area contributed by atoms with Crippen molar-refractivity contribution in [2.75, 3.05) is 38.7 Å². The summed E-state index contributed by atoms with van der Waals surface area (Å²) >= 11 is 6.23. The summed E-state index contributed by atoms with van der Waals surface area (Å²) in [5, 5.41) is -0.588. The topological polar surface area (TPSA) is 79.0 Å². The van der Waals surface area contributed by atoms with E-state index in [1.807, 2.05) is 13.0 Å². The monoisotopic (exact) mass is 655 g/mol. The van der Waals surface area contributed by atoms with Gasteiger partial charge in [0, 0.05) is 30.1 Å². The number of sulfonamides is 1. The van der Waals surface area contributed by atoms with Gasteiger partial charge in [0.2, 0.25) is 10.0 Å². The zero-order valence-electron chi connectivity index (χ0n) is 26.5. The first-order valence-electron chi connectivity index (χ1n) is 16.3. The molecule has 1 N–H and O–H groups in total. The number of likely N-dealkylation sites (N-methyl/N-ethyl adjacent to an activating group) is 1. The molecular weight excluding hydrogens is 613 g/mol. The Morgan fingerprint density at radius 2 is 1.93 bits per heavy atom. The summed E-state index contributed by atoms with van der Waals surface area (Å²) in [6.07, 6.45) is 7.71. The summed E-state index contributed by atoms with van der Waals surface area (Å²) in [5.74, 6) is 0.587. The number of carbonyl (C=O) groups is 1. The number of benzene rings is 2. The van der Waals surface area contributed by atoms with E-state index in [2.05, 4.69) is 34.7 Å². The van der Waals surface area contributed by atoms with Gasteiger partial charge in [-0.2, -0.15) is 0 Å². The third-order valence-electron chi connectivity index (χ3n) is 11.7. The number of ether oxygens (including phenoxy) is 1. The first kappa shape index (κ1) is 31.0. The Morgan fingerprint density at radius 1 is 1.16 bits per heavy atom. The molecule has 7 nitrogen and oxygen atoms in total. The lowest BCUT2D eigenvalue weighted by Gasteiger charge is -2.50. The van der Waals surface area contributed by atoms with E-state index in [0.29, 0.717) is 48.8 Å². The molecule has 1 saturated carbocycles. The van der Waals surface area contributed by atoms with E-state index in [-0.39, 0.29) is 28.2 Å². The van der Waals surface area contributed by atoms with Gasteiger partial charge in [0.1, 0.15) is 11.6 Å². The molecule has 1 amide bonds. The van der Waals surface area contributed by atoms with Crippen molar-refractivity contribution >= 4 is 33.2 Å². The SMILES string of the molecule is C[C@@H]1[C@@H](C)S(=O)(=O)NC(=O)c2ccc3c(c2)N(C[C@@H]2CC[C@H]2[C@@H](N(C)C)C2=C[C@H]1C2)C[C@@]1(CCCc2c1ccc(Cl)c2F)CO3. The van der Waals surface area contributed by atoms with Crippen molar-refractivity contribution in [2.45, 2.75) is 69.1 Å². The van der Waals surface area contributed by atoms with E-state index < -0.39 is 26.6 Å². The average Bonchev–Trinajstić information content (AvgIpc) is 3.11. The number of allylic oxidation sites excluding steroid dienone is 1. The summed E-state index contributed by atoms with van der Waals surface area (Å²) in [6, 6.07) is 9.12. The number of fused-ring (bicyclic) bond motifs is 6. The van der Waals surface area contributed by atoms with Gasteiger partial charge in [-0.15, -0.1) is 0 Å². The van der Waals surface area contributed by atoms with Crippen LogP contribution in [0.2, 0.25) is 5.02 Å². The summed E-state index contributed by atoms with van der Waals surface area (Å²) in [4.78, 5) is 18.2. The van der Waals surface area contributed by atoms with Crippen molar-refractivity contribution in [1.29, 1.82) is 0 Å². The molecule has 4 bridgehead atoms. The van der Waals surface area contributed by atoms with Crippen molar-refractivity contribution in [3.8, 4) is 5.75 Å². The zero-order chi connectivity index (χ0) is 31.8. The molecule has 0 aromatic heterocycles. The van der Waals surface area contributed by atoms with Crippen LogP contribution < -0.4 is 14.4 Å². The first-order valence-corrected chi connectivity index (χ1v) is 18.2. The molecule has 0 radical (unpaired) electrons. The molecule has 10 heteroatoms. The minimum Gasteiger partial charge on any atom is -0.490 e. The van der Waals surface area contributed by atoms with Gasteiger partial charge in [0.15, 0.2) is 0 Å². The molecule has 45 heavy (non-hydrogen) atoms. The van der Waals surface area contributed by atoms with Crippen LogP contribution in [0.3, 0.4) is 0 Å². The number of hydrogen-bond acceptors (Lipinski definition) is 6. The number of rotatable bonds is 1. The van der Waals surface area contributed by atoms with E-state index in [9.17, 15) is 13.2 Å². The highest BCUT2D eigenvalue weighted by Gasteiger charge is 2.47. The van der Waals surface area contributed by atoms with Gasteiger partial charge in [-0.3, -0.25) is 4.79 Å². The van der Waals surface area contributed by atoms with Crippen LogP contribution in [0.15, 0.2) is 42.0 Å². The summed E-state index contributed by atoms with van der Waals surface area (Å²) < 4.78 is 51.2. The van der Waals surface area contributed by atoms with Crippen LogP contribution in [-0.2, 0) is 21.9 Å². The molecule has 0 saturated heterocycles. The van der Waals surface area contributed by atoms with Crippen molar-refractivity contribution in [1.82, 2.24) is 9.62 Å². The maximum Gasteiger partial charge on any atom is 0.264 e. The first-order chi connectivity index (χ1) is 21.4. The van der Waals surface area contributed by atoms with E-state index in [0.717, 1.165) is 49.9 Å². The molecule has 242 valence electrons. The number of amides is 1. The summed E-state index contributed by atoms with van der Waals surface area (Å²) in [6.45, 7) is 5.43. The Hall–Kier alpha value is -2.62. The molecule has 3 heterocycles. The normalized spacial score (nSPS) is 33.9. The summed E-state index contributed by atoms with van der Waals surface area (Å²) in [7, 11) is 0.375. The van der Waals surface area contributed by atoms with Crippen LogP contribution in [0.25, 0.3) is 0 Å². The Morgan fingerprint density at radius 3 is 2.64 bits per heavy atom. The lowest BCUT2D eigenvalue weighted by molar-refractivity contribution is 0.0845. The highest BCUT2D eigenvalue weighted by Crippen LogP contribution is 2.50.